The molecule has 0 aliphatic heterocycles. The lowest BCUT2D eigenvalue weighted by Crippen LogP contribution is -2.23. The molecule has 0 saturated heterocycles. The van der Waals surface area contributed by atoms with Gasteiger partial charge in [0.15, 0.2) is 11.6 Å². The molecule has 0 fully saturated rings. The van der Waals surface area contributed by atoms with E-state index in [0.717, 1.165) is 24.3 Å². The second kappa shape index (κ2) is 6.37. The summed E-state index contributed by atoms with van der Waals surface area (Å²) in [6, 6.07) is 5.33. The number of rotatable bonds is 5. The fourth-order valence-corrected chi connectivity index (χ4v) is 2.28. The predicted octanol–water partition coefficient (Wildman–Crippen LogP) is 4.61. The monoisotopic (exact) mass is 299 g/mol. The highest BCUT2D eigenvalue weighted by molar-refractivity contribution is 6.31. The molecule has 1 N–H and O–H groups in total. The van der Waals surface area contributed by atoms with Gasteiger partial charge in [0.05, 0.1) is 6.04 Å². The largest absolute Gasteiger partial charge is 0.464 e. The van der Waals surface area contributed by atoms with Crippen LogP contribution < -0.4 is 5.32 Å². The lowest BCUT2D eigenvalue weighted by atomic mass is 10.0. The first-order valence-electron chi connectivity index (χ1n) is 6.47. The van der Waals surface area contributed by atoms with Crippen LogP contribution in [0.2, 0.25) is 5.02 Å². The molecule has 1 aromatic heterocycles. The van der Waals surface area contributed by atoms with E-state index in [1.165, 1.54) is 0 Å². The maximum Gasteiger partial charge on any atom is 0.160 e. The first kappa shape index (κ1) is 15.0. The molecule has 0 aliphatic carbocycles. The van der Waals surface area contributed by atoms with Gasteiger partial charge < -0.3 is 9.73 Å². The summed E-state index contributed by atoms with van der Waals surface area (Å²) >= 11 is 6.04. The zero-order valence-electron chi connectivity index (χ0n) is 11.3. The molecule has 1 atom stereocenters. The van der Waals surface area contributed by atoms with Crippen LogP contribution in [0.3, 0.4) is 0 Å². The van der Waals surface area contributed by atoms with Crippen molar-refractivity contribution in [1.29, 1.82) is 0 Å². The number of halogens is 3. The van der Waals surface area contributed by atoms with E-state index in [1.54, 1.807) is 6.07 Å². The zero-order valence-corrected chi connectivity index (χ0v) is 12.1. The summed E-state index contributed by atoms with van der Waals surface area (Å²) in [4.78, 5) is 0. The van der Waals surface area contributed by atoms with Gasteiger partial charge in [0.2, 0.25) is 0 Å². The van der Waals surface area contributed by atoms with E-state index in [2.05, 4.69) is 5.32 Å². The van der Waals surface area contributed by atoms with Crippen LogP contribution in [0.25, 0.3) is 0 Å². The Morgan fingerprint density at radius 1 is 1.25 bits per heavy atom. The van der Waals surface area contributed by atoms with Crippen LogP contribution in [0.1, 0.15) is 36.5 Å². The number of benzene rings is 1. The molecule has 0 aliphatic rings. The molecular weight excluding hydrogens is 284 g/mol. The van der Waals surface area contributed by atoms with E-state index in [4.69, 9.17) is 16.0 Å². The van der Waals surface area contributed by atoms with Gasteiger partial charge in [0.25, 0.3) is 0 Å². The van der Waals surface area contributed by atoms with Crippen LogP contribution in [0.15, 0.2) is 28.7 Å². The minimum Gasteiger partial charge on any atom is -0.464 e. The van der Waals surface area contributed by atoms with Gasteiger partial charge in [0, 0.05) is 5.02 Å². The zero-order chi connectivity index (χ0) is 14.7. The first-order chi connectivity index (χ1) is 9.52. The van der Waals surface area contributed by atoms with Crippen LogP contribution in [0.4, 0.5) is 8.78 Å². The van der Waals surface area contributed by atoms with Gasteiger partial charge in [0.1, 0.15) is 11.5 Å². The Labute approximate surface area is 121 Å². The van der Waals surface area contributed by atoms with Crippen molar-refractivity contribution in [2.45, 2.75) is 26.3 Å². The highest BCUT2D eigenvalue weighted by Gasteiger charge is 2.21. The second-order valence-corrected chi connectivity index (χ2v) is 5.03. The lowest BCUT2D eigenvalue weighted by Gasteiger charge is -2.18. The Hall–Kier alpha value is -1.39. The van der Waals surface area contributed by atoms with E-state index in [1.807, 2.05) is 19.9 Å². The van der Waals surface area contributed by atoms with Crippen molar-refractivity contribution in [3.8, 4) is 0 Å². The van der Waals surface area contributed by atoms with Crippen molar-refractivity contribution in [2.75, 3.05) is 6.54 Å². The Morgan fingerprint density at radius 3 is 2.55 bits per heavy atom. The van der Waals surface area contributed by atoms with Crippen LogP contribution in [-0.2, 0) is 0 Å². The maximum absolute atomic E-state index is 13.5. The molecule has 2 aromatic rings. The first-order valence-corrected chi connectivity index (χ1v) is 6.85. The third-order valence-corrected chi connectivity index (χ3v) is 3.32. The van der Waals surface area contributed by atoms with E-state index < -0.39 is 17.7 Å². The molecule has 0 amide bonds. The minimum atomic E-state index is -0.955. The number of furan rings is 1. The molecule has 0 saturated carbocycles. The van der Waals surface area contributed by atoms with Crippen molar-refractivity contribution < 1.29 is 13.2 Å². The van der Waals surface area contributed by atoms with Gasteiger partial charge in [-0.3, -0.25) is 0 Å². The number of nitrogens with one attached hydrogen (secondary N) is 1. The average Bonchev–Trinajstić information content (AvgIpc) is 2.82. The van der Waals surface area contributed by atoms with Gasteiger partial charge in [-0.25, -0.2) is 8.78 Å². The van der Waals surface area contributed by atoms with Crippen LogP contribution >= 0.6 is 11.6 Å². The van der Waals surface area contributed by atoms with Crippen LogP contribution in [0.5, 0.6) is 0 Å². The van der Waals surface area contributed by atoms with Crippen molar-refractivity contribution in [2.24, 2.45) is 0 Å². The smallest absolute Gasteiger partial charge is 0.160 e. The molecule has 5 heteroatoms. The van der Waals surface area contributed by atoms with Gasteiger partial charge in [-0.15, -0.1) is 0 Å². The molecule has 0 spiro atoms. The van der Waals surface area contributed by atoms with E-state index >= 15 is 0 Å². The number of hydrogen-bond donors (Lipinski definition) is 1. The van der Waals surface area contributed by atoms with Gasteiger partial charge in [-0.1, -0.05) is 18.5 Å². The highest BCUT2D eigenvalue weighted by Crippen LogP contribution is 2.31. The van der Waals surface area contributed by atoms with Crippen molar-refractivity contribution in [1.82, 2.24) is 5.32 Å². The van der Waals surface area contributed by atoms with E-state index in [9.17, 15) is 8.78 Å². The predicted molar refractivity (Wildman–Crippen MR) is 74.9 cm³/mol. The average molecular weight is 300 g/mol. The van der Waals surface area contributed by atoms with Gasteiger partial charge in [-0.05, 0) is 49.7 Å². The Morgan fingerprint density at radius 2 is 1.95 bits per heavy atom. The van der Waals surface area contributed by atoms with E-state index in [0.29, 0.717) is 17.9 Å². The summed E-state index contributed by atoms with van der Waals surface area (Å²) in [6.45, 7) is 4.55. The van der Waals surface area contributed by atoms with Crippen molar-refractivity contribution >= 4 is 11.6 Å². The SMILES string of the molecule is CCCNC(c1ccc(C)o1)c1cc(F)c(F)cc1Cl. The minimum absolute atomic E-state index is 0.173. The molecule has 1 heterocycles. The fourth-order valence-electron chi connectivity index (χ4n) is 2.02. The summed E-state index contributed by atoms with van der Waals surface area (Å²) in [5.41, 5.74) is 0.466. The molecule has 108 valence electrons. The van der Waals surface area contributed by atoms with Crippen LogP contribution in [0, 0.1) is 18.6 Å². The molecule has 1 unspecified atom stereocenters. The molecule has 0 radical (unpaired) electrons. The summed E-state index contributed by atoms with van der Waals surface area (Å²) < 4.78 is 32.2. The molecule has 0 bridgehead atoms. The maximum atomic E-state index is 13.5. The fraction of sp³-hybridized carbons (Fsp3) is 0.333. The lowest BCUT2D eigenvalue weighted by molar-refractivity contribution is 0.428. The molecule has 20 heavy (non-hydrogen) atoms. The number of hydrogen-bond acceptors (Lipinski definition) is 2. The summed E-state index contributed by atoms with van der Waals surface area (Å²) in [5.74, 6) is -0.495. The Bertz CT molecular complexity index is 598. The molecular formula is C15H16ClF2NO. The third-order valence-electron chi connectivity index (χ3n) is 2.99. The van der Waals surface area contributed by atoms with Crippen molar-refractivity contribution in [3.63, 3.8) is 0 Å². The summed E-state index contributed by atoms with van der Waals surface area (Å²) in [5, 5.41) is 3.41. The highest BCUT2D eigenvalue weighted by atomic mass is 35.5. The molecule has 1 aromatic carbocycles. The standard InChI is InChI=1S/C15H16ClF2NO/c1-3-6-19-15(14-5-4-9(2)20-14)10-7-12(17)13(18)8-11(10)16/h4-5,7-8,15,19H,3,6H2,1-2H3. The van der Waals surface area contributed by atoms with Crippen molar-refractivity contribution in [3.05, 3.63) is 58.0 Å². The molecule has 2 nitrogen and oxygen atoms in total. The normalized spacial score (nSPS) is 12.7. The quantitative estimate of drug-likeness (QED) is 0.816. The number of aryl methyl sites for hydroxylation is 1. The molecule has 2 rings (SSSR count). The summed E-state index contributed by atoms with van der Waals surface area (Å²) in [7, 11) is 0. The van der Waals surface area contributed by atoms with Gasteiger partial charge in [-0.2, -0.15) is 0 Å². The third kappa shape index (κ3) is 3.19. The Balaban J connectivity index is 2.43. The van der Waals surface area contributed by atoms with Gasteiger partial charge >= 0.3 is 0 Å². The summed E-state index contributed by atoms with van der Waals surface area (Å²) in [6.07, 6.45) is 0.900. The second-order valence-electron chi connectivity index (χ2n) is 4.62. The van der Waals surface area contributed by atoms with Crippen LogP contribution in [-0.4, -0.2) is 6.54 Å². The Kier molecular flexibility index (Phi) is 4.78. The topological polar surface area (TPSA) is 25.2 Å². The van der Waals surface area contributed by atoms with E-state index in [-0.39, 0.29) is 5.02 Å².